The monoisotopic (exact) mass is 694 g/mol. The van der Waals surface area contributed by atoms with Crippen LogP contribution in [0, 0.1) is 13.8 Å². The Morgan fingerprint density at radius 3 is 1.83 bits per heavy atom. The van der Waals surface area contributed by atoms with E-state index in [0.717, 1.165) is 39.3 Å². The Kier molecular flexibility index (Phi) is 7.62. The molecule has 9 aromatic rings. The van der Waals surface area contributed by atoms with Gasteiger partial charge in [-0.25, -0.2) is 0 Å². The number of benzene rings is 7. The number of nitrogens with zero attached hydrogens (tertiary/aromatic N) is 3. The minimum atomic E-state index is -0.105. The summed E-state index contributed by atoms with van der Waals surface area (Å²) < 4.78 is 2.37. The summed E-state index contributed by atoms with van der Waals surface area (Å²) in [6, 6.07) is 61.3. The molecule has 0 amide bonds. The van der Waals surface area contributed by atoms with E-state index in [9.17, 15) is 0 Å². The van der Waals surface area contributed by atoms with Gasteiger partial charge in [0.25, 0.3) is 0 Å². The maximum Gasteiger partial charge on any atom is 0.130 e. The van der Waals surface area contributed by atoms with Gasteiger partial charge in [-0.15, -0.1) is 0 Å². The van der Waals surface area contributed by atoms with Crippen molar-refractivity contribution < 1.29 is 0 Å². The summed E-state index contributed by atoms with van der Waals surface area (Å²) in [7, 11) is 0. The van der Waals surface area contributed by atoms with Crippen molar-refractivity contribution >= 4 is 38.9 Å². The number of hydrogen-bond acceptors (Lipinski definition) is 3. The molecule has 0 aliphatic carbocycles. The number of anilines is 3. The molecule has 0 saturated carbocycles. The van der Waals surface area contributed by atoms with Gasteiger partial charge in [0.05, 0.1) is 22.4 Å². The third-order valence-electron chi connectivity index (χ3n) is 10.9. The molecule has 0 spiro atoms. The van der Waals surface area contributed by atoms with Crippen LogP contribution in [0.1, 0.15) is 22.9 Å². The van der Waals surface area contributed by atoms with Gasteiger partial charge in [-0.2, -0.15) is 0 Å². The fourth-order valence-corrected chi connectivity index (χ4v) is 8.44. The molecule has 4 nitrogen and oxygen atoms in total. The van der Waals surface area contributed by atoms with E-state index in [4.69, 9.17) is 4.98 Å². The molecule has 1 aliphatic heterocycles. The van der Waals surface area contributed by atoms with Crippen LogP contribution in [0.5, 0.6) is 0 Å². The summed E-state index contributed by atoms with van der Waals surface area (Å²) in [5.41, 5.74) is 17.5. The molecule has 10 rings (SSSR count). The van der Waals surface area contributed by atoms with Gasteiger partial charge in [0.1, 0.15) is 6.17 Å². The van der Waals surface area contributed by atoms with E-state index < -0.39 is 0 Å². The van der Waals surface area contributed by atoms with Gasteiger partial charge in [-0.1, -0.05) is 97.1 Å². The Labute approximate surface area is 315 Å². The summed E-state index contributed by atoms with van der Waals surface area (Å²) in [4.78, 5) is 7.27. The van der Waals surface area contributed by atoms with Gasteiger partial charge in [0.2, 0.25) is 0 Å². The van der Waals surface area contributed by atoms with Gasteiger partial charge in [-0.3, -0.25) is 4.98 Å². The van der Waals surface area contributed by atoms with Crippen LogP contribution in [0.2, 0.25) is 0 Å². The first-order valence-electron chi connectivity index (χ1n) is 18.6. The minimum Gasteiger partial charge on any atom is -0.359 e. The van der Waals surface area contributed by atoms with Crippen LogP contribution >= 0.6 is 0 Å². The van der Waals surface area contributed by atoms with Crippen LogP contribution in [-0.4, -0.2) is 9.55 Å². The average Bonchev–Trinajstić information content (AvgIpc) is 3.78. The van der Waals surface area contributed by atoms with E-state index in [2.05, 4.69) is 198 Å². The molecular formula is C50H38N4. The normalized spacial score (nSPS) is 13.7. The Hall–Kier alpha value is -6.91. The standard InChI is InChI=1S/C50H38N4/c1-33-14-12-15-34(2)49(33)37-26-36(27-38(28-37)50-52-45-22-8-11-25-48(45)54(50)41-17-4-3-5-18-41)40-29-39(31-51-32-40)35-16-13-19-42(30-35)53-46-23-9-6-20-43(46)44-21-7-10-24-47(44)53/h3-32,50,52H,1-2H3. The molecule has 0 bridgehead atoms. The van der Waals surface area contributed by atoms with Crippen LogP contribution in [0.15, 0.2) is 182 Å². The molecule has 1 unspecified atom stereocenters. The molecule has 258 valence electrons. The van der Waals surface area contributed by atoms with Gasteiger partial charge in [-0.05, 0) is 126 Å². The number of fused-ring (bicyclic) bond motifs is 4. The second-order valence-electron chi connectivity index (χ2n) is 14.3. The smallest absolute Gasteiger partial charge is 0.130 e. The SMILES string of the molecule is Cc1cccc(C)c1-c1cc(-c2cncc(-c3cccc(-n4c5ccccc5c5ccccc54)c3)c2)cc(C2Nc3ccccc3N2c2ccccc2)c1. The van der Waals surface area contributed by atoms with Crippen molar-refractivity contribution in [2.45, 2.75) is 20.0 Å². The van der Waals surface area contributed by atoms with Gasteiger partial charge >= 0.3 is 0 Å². The third kappa shape index (κ3) is 5.34. The molecule has 1 N–H and O–H groups in total. The maximum absolute atomic E-state index is 4.86. The maximum atomic E-state index is 4.86. The Bertz CT molecular complexity index is 2780. The van der Waals surface area contributed by atoms with E-state index in [-0.39, 0.29) is 6.17 Å². The first-order chi connectivity index (χ1) is 26.6. The summed E-state index contributed by atoms with van der Waals surface area (Å²) in [5, 5.41) is 6.39. The van der Waals surface area contributed by atoms with E-state index in [1.54, 1.807) is 0 Å². The Morgan fingerprint density at radius 2 is 1.07 bits per heavy atom. The second-order valence-corrected chi connectivity index (χ2v) is 14.3. The summed E-state index contributed by atoms with van der Waals surface area (Å²) in [6.07, 6.45) is 3.88. The topological polar surface area (TPSA) is 33.1 Å². The molecule has 0 fully saturated rings. The van der Waals surface area contributed by atoms with Crippen LogP contribution in [-0.2, 0) is 0 Å². The lowest BCUT2D eigenvalue weighted by Crippen LogP contribution is -2.23. The number of rotatable bonds is 6. The van der Waals surface area contributed by atoms with Crippen LogP contribution in [0.3, 0.4) is 0 Å². The molecule has 0 saturated heterocycles. The zero-order valence-corrected chi connectivity index (χ0v) is 30.2. The fourth-order valence-electron chi connectivity index (χ4n) is 8.44. The van der Waals surface area contributed by atoms with Crippen LogP contribution in [0.25, 0.3) is 60.9 Å². The number of aromatic nitrogens is 2. The number of aryl methyl sites for hydroxylation is 2. The molecule has 4 heteroatoms. The number of nitrogens with one attached hydrogen (secondary N) is 1. The van der Waals surface area contributed by atoms with Gasteiger partial charge < -0.3 is 14.8 Å². The predicted molar refractivity (Wildman–Crippen MR) is 226 cm³/mol. The van der Waals surface area contributed by atoms with E-state index in [1.165, 1.54) is 55.3 Å². The van der Waals surface area contributed by atoms with Crippen molar-refractivity contribution in [3.05, 3.63) is 199 Å². The van der Waals surface area contributed by atoms with E-state index >= 15 is 0 Å². The zero-order chi connectivity index (χ0) is 36.2. The minimum absolute atomic E-state index is 0.105. The lowest BCUT2D eigenvalue weighted by molar-refractivity contribution is 0.829. The van der Waals surface area contributed by atoms with Crippen molar-refractivity contribution in [1.29, 1.82) is 0 Å². The third-order valence-corrected chi connectivity index (χ3v) is 10.9. The molecule has 2 aromatic heterocycles. The predicted octanol–water partition coefficient (Wildman–Crippen LogP) is 13.1. The summed E-state index contributed by atoms with van der Waals surface area (Å²) >= 11 is 0. The highest BCUT2D eigenvalue weighted by molar-refractivity contribution is 6.09. The second kappa shape index (κ2) is 12.9. The highest BCUT2D eigenvalue weighted by atomic mass is 15.3. The number of pyridine rings is 1. The molecule has 7 aromatic carbocycles. The molecule has 1 atom stereocenters. The van der Waals surface area contributed by atoms with Crippen molar-refractivity contribution in [3.8, 4) is 39.1 Å². The Balaban J connectivity index is 1.11. The molecule has 0 radical (unpaired) electrons. The largest absolute Gasteiger partial charge is 0.359 e. The average molecular weight is 695 g/mol. The van der Waals surface area contributed by atoms with E-state index in [1.807, 2.05) is 12.4 Å². The van der Waals surface area contributed by atoms with Gasteiger partial charge in [0, 0.05) is 45.7 Å². The molecule has 54 heavy (non-hydrogen) atoms. The van der Waals surface area contributed by atoms with Crippen LogP contribution < -0.4 is 10.2 Å². The van der Waals surface area contributed by atoms with Crippen molar-refractivity contribution in [1.82, 2.24) is 9.55 Å². The first kappa shape index (κ1) is 31.8. The lowest BCUT2D eigenvalue weighted by atomic mass is 9.90. The summed E-state index contributed by atoms with van der Waals surface area (Å²) in [5.74, 6) is 0. The van der Waals surface area contributed by atoms with Crippen LogP contribution in [0.4, 0.5) is 17.1 Å². The quantitative estimate of drug-likeness (QED) is 0.188. The fraction of sp³-hybridized carbons (Fsp3) is 0.0600. The van der Waals surface area contributed by atoms with Crippen molar-refractivity contribution in [3.63, 3.8) is 0 Å². The zero-order valence-electron chi connectivity index (χ0n) is 30.2. The Morgan fingerprint density at radius 1 is 0.481 bits per heavy atom. The molecular weight excluding hydrogens is 657 g/mol. The van der Waals surface area contributed by atoms with E-state index in [0.29, 0.717) is 0 Å². The molecule has 1 aliphatic rings. The molecule has 3 heterocycles. The highest BCUT2D eigenvalue weighted by Crippen LogP contribution is 2.47. The van der Waals surface area contributed by atoms with Gasteiger partial charge in [0.15, 0.2) is 0 Å². The van der Waals surface area contributed by atoms with Crippen molar-refractivity contribution in [2.75, 3.05) is 10.2 Å². The number of hydrogen-bond donors (Lipinski definition) is 1. The van der Waals surface area contributed by atoms with Crippen molar-refractivity contribution in [2.24, 2.45) is 0 Å². The highest BCUT2D eigenvalue weighted by Gasteiger charge is 2.31. The first-order valence-corrected chi connectivity index (χ1v) is 18.6. The summed E-state index contributed by atoms with van der Waals surface area (Å²) in [6.45, 7) is 4.42. The lowest BCUT2D eigenvalue weighted by Gasteiger charge is -2.28. The number of para-hydroxylation sites is 5.